The van der Waals surface area contributed by atoms with Gasteiger partial charge in [-0.15, -0.1) is 0 Å². The predicted octanol–water partition coefficient (Wildman–Crippen LogP) is 4.59. The topological polar surface area (TPSA) is 33.5 Å². The van der Waals surface area contributed by atoms with Crippen molar-refractivity contribution >= 4 is 22.6 Å². The molecule has 0 aliphatic heterocycles. The lowest BCUT2D eigenvalue weighted by Crippen LogP contribution is -2.31. The first-order valence-corrected chi connectivity index (χ1v) is 8.07. The van der Waals surface area contributed by atoms with Crippen LogP contribution in [0.2, 0.25) is 0 Å². The molecule has 0 atom stereocenters. The maximum Gasteiger partial charge on any atom is 0.231 e. The molecule has 3 aromatic rings. The van der Waals surface area contributed by atoms with Crippen LogP contribution in [0.15, 0.2) is 59.2 Å². The molecule has 0 spiro atoms. The molecule has 0 radical (unpaired) electrons. The third-order valence-electron chi connectivity index (χ3n) is 4.15. The Labute approximate surface area is 136 Å². The van der Waals surface area contributed by atoms with Gasteiger partial charge in [-0.25, -0.2) is 0 Å². The van der Waals surface area contributed by atoms with E-state index in [1.807, 2.05) is 48.2 Å². The monoisotopic (exact) mass is 307 g/mol. The molecule has 0 fully saturated rings. The summed E-state index contributed by atoms with van der Waals surface area (Å²) in [5.74, 6) is 0.0864. The van der Waals surface area contributed by atoms with Crippen molar-refractivity contribution in [3.05, 3.63) is 65.9 Å². The second-order valence-corrected chi connectivity index (χ2v) is 5.60. The van der Waals surface area contributed by atoms with E-state index in [2.05, 4.69) is 19.1 Å². The number of rotatable bonds is 5. The summed E-state index contributed by atoms with van der Waals surface area (Å²) in [5.41, 5.74) is 3.98. The van der Waals surface area contributed by atoms with Crippen molar-refractivity contribution in [2.24, 2.45) is 0 Å². The second kappa shape index (κ2) is 6.69. The highest BCUT2D eigenvalue weighted by Crippen LogP contribution is 2.24. The highest BCUT2D eigenvalue weighted by Gasteiger charge is 2.17. The lowest BCUT2D eigenvalue weighted by atomic mass is 10.1. The van der Waals surface area contributed by atoms with Crippen molar-refractivity contribution in [3.8, 4) is 0 Å². The number of carbonyl (C=O) groups is 1. The number of benzene rings is 2. The van der Waals surface area contributed by atoms with Gasteiger partial charge in [0.1, 0.15) is 5.58 Å². The molecule has 0 aliphatic carbocycles. The summed E-state index contributed by atoms with van der Waals surface area (Å²) in [7, 11) is 0. The fourth-order valence-electron chi connectivity index (χ4n) is 2.85. The Morgan fingerprint density at radius 2 is 1.87 bits per heavy atom. The van der Waals surface area contributed by atoms with E-state index in [0.29, 0.717) is 13.0 Å². The molecule has 118 valence electrons. The van der Waals surface area contributed by atoms with Gasteiger partial charge in [-0.3, -0.25) is 4.79 Å². The molecule has 0 saturated heterocycles. The molecular weight excluding hydrogens is 286 g/mol. The van der Waals surface area contributed by atoms with Gasteiger partial charge < -0.3 is 9.32 Å². The van der Waals surface area contributed by atoms with E-state index in [1.165, 1.54) is 5.56 Å². The van der Waals surface area contributed by atoms with E-state index in [4.69, 9.17) is 4.42 Å². The highest BCUT2D eigenvalue weighted by atomic mass is 16.3. The average Bonchev–Trinajstić information content (AvgIpc) is 2.98. The zero-order chi connectivity index (χ0) is 16.2. The lowest BCUT2D eigenvalue weighted by Gasteiger charge is -2.20. The molecule has 1 amide bonds. The van der Waals surface area contributed by atoms with Crippen LogP contribution in [-0.4, -0.2) is 12.5 Å². The molecule has 3 nitrogen and oxygen atoms in total. The van der Waals surface area contributed by atoms with Crippen LogP contribution < -0.4 is 4.90 Å². The first-order chi connectivity index (χ1) is 11.2. The Bertz CT molecular complexity index is 805. The number of likely N-dealkylation sites (N-methyl/N-ethyl adjacent to an activating group) is 1. The van der Waals surface area contributed by atoms with E-state index < -0.39 is 0 Å². The minimum Gasteiger partial charge on any atom is -0.464 e. The van der Waals surface area contributed by atoms with Crippen molar-refractivity contribution < 1.29 is 9.21 Å². The summed E-state index contributed by atoms with van der Waals surface area (Å²) in [6.45, 7) is 4.77. The standard InChI is InChI=1S/C20H21NO2/c1-3-15-10-11-19-18(12-15)16(14-23-19)13-20(22)21(4-2)17-8-6-5-7-9-17/h5-12,14H,3-4,13H2,1-2H3. The number of carbonyl (C=O) groups excluding carboxylic acids is 1. The van der Waals surface area contributed by atoms with Crippen molar-refractivity contribution in [3.63, 3.8) is 0 Å². The number of hydrogen-bond acceptors (Lipinski definition) is 2. The summed E-state index contributed by atoms with van der Waals surface area (Å²) >= 11 is 0. The van der Waals surface area contributed by atoms with Crippen molar-refractivity contribution in [1.82, 2.24) is 0 Å². The molecule has 0 N–H and O–H groups in total. The maximum absolute atomic E-state index is 12.7. The molecule has 0 bridgehead atoms. The fraction of sp³-hybridized carbons (Fsp3) is 0.250. The molecule has 0 aliphatic rings. The number of amides is 1. The van der Waals surface area contributed by atoms with Gasteiger partial charge in [0.25, 0.3) is 0 Å². The Balaban J connectivity index is 1.87. The van der Waals surface area contributed by atoms with Crippen LogP contribution in [0.25, 0.3) is 11.0 Å². The molecule has 0 unspecified atom stereocenters. The Morgan fingerprint density at radius 3 is 2.57 bits per heavy atom. The van der Waals surface area contributed by atoms with Crippen LogP contribution in [0.3, 0.4) is 0 Å². The number of furan rings is 1. The Kier molecular flexibility index (Phi) is 4.47. The summed E-state index contributed by atoms with van der Waals surface area (Å²) in [6.07, 6.45) is 3.03. The van der Waals surface area contributed by atoms with Crippen LogP contribution >= 0.6 is 0 Å². The molecule has 2 aromatic carbocycles. The largest absolute Gasteiger partial charge is 0.464 e. The van der Waals surface area contributed by atoms with Gasteiger partial charge in [0.2, 0.25) is 5.91 Å². The normalized spacial score (nSPS) is 10.9. The predicted molar refractivity (Wildman–Crippen MR) is 93.8 cm³/mol. The summed E-state index contributed by atoms with van der Waals surface area (Å²) < 4.78 is 5.60. The van der Waals surface area contributed by atoms with Gasteiger partial charge in [0.05, 0.1) is 12.7 Å². The minimum atomic E-state index is 0.0864. The van der Waals surface area contributed by atoms with E-state index in [-0.39, 0.29) is 5.91 Å². The Morgan fingerprint density at radius 1 is 1.09 bits per heavy atom. The van der Waals surface area contributed by atoms with Crippen LogP contribution in [0, 0.1) is 0 Å². The zero-order valence-electron chi connectivity index (χ0n) is 13.6. The molecule has 0 saturated carbocycles. The lowest BCUT2D eigenvalue weighted by molar-refractivity contribution is -0.117. The number of para-hydroxylation sites is 1. The maximum atomic E-state index is 12.7. The first-order valence-electron chi connectivity index (χ1n) is 8.07. The third kappa shape index (κ3) is 3.14. The minimum absolute atomic E-state index is 0.0864. The number of nitrogens with zero attached hydrogens (tertiary/aromatic N) is 1. The molecule has 3 heteroatoms. The molecule has 3 rings (SSSR count). The molecule has 1 aromatic heterocycles. The van der Waals surface area contributed by atoms with E-state index in [0.717, 1.165) is 28.6 Å². The van der Waals surface area contributed by atoms with Crippen LogP contribution in [0.1, 0.15) is 25.0 Å². The third-order valence-corrected chi connectivity index (χ3v) is 4.15. The van der Waals surface area contributed by atoms with Gasteiger partial charge in [-0.1, -0.05) is 31.2 Å². The van der Waals surface area contributed by atoms with Crippen molar-refractivity contribution in [2.75, 3.05) is 11.4 Å². The van der Waals surface area contributed by atoms with Gasteiger partial charge in [-0.2, -0.15) is 0 Å². The van der Waals surface area contributed by atoms with Crippen LogP contribution in [-0.2, 0) is 17.6 Å². The van der Waals surface area contributed by atoms with Crippen LogP contribution in [0.4, 0.5) is 5.69 Å². The SMILES string of the molecule is CCc1ccc2occ(CC(=O)N(CC)c3ccccc3)c2c1. The molecule has 23 heavy (non-hydrogen) atoms. The van der Waals surface area contributed by atoms with Gasteiger partial charge in [-0.05, 0) is 43.2 Å². The number of hydrogen-bond donors (Lipinski definition) is 0. The average molecular weight is 307 g/mol. The van der Waals surface area contributed by atoms with Gasteiger partial charge >= 0.3 is 0 Å². The van der Waals surface area contributed by atoms with Crippen LogP contribution in [0.5, 0.6) is 0 Å². The van der Waals surface area contributed by atoms with Gasteiger partial charge in [0.15, 0.2) is 0 Å². The summed E-state index contributed by atoms with van der Waals surface area (Å²) in [5, 5.41) is 1.04. The van der Waals surface area contributed by atoms with E-state index >= 15 is 0 Å². The first kappa shape index (κ1) is 15.3. The smallest absolute Gasteiger partial charge is 0.231 e. The van der Waals surface area contributed by atoms with Gasteiger partial charge in [0, 0.05) is 23.2 Å². The summed E-state index contributed by atoms with van der Waals surface area (Å²) in [6, 6.07) is 16.0. The second-order valence-electron chi connectivity index (χ2n) is 5.60. The van der Waals surface area contributed by atoms with E-state index in [1.54, 1.807) is 6.26 Å². The van der Waals surface area contributed by atoms with E-state index in [9.17, 15) is 4.79 Å². The Hall–Kier alpha value is -2.55. The van der Waals surface area contributed by atoms with Crippen molar-refractivity contribution in [1.29, 1.82) is 0 Å². The molecular formula is C20H21NO2. The highest BCUT2D eigenvalue weighted by molar-refractivity contribution is 5.97. The fourth-order valence-corrected chi connectivity index (χ4v) is 2.85. The molecule has 1 heterocycles. The number of fused-ring (bicyclic) bond motifs is 1. The number of aryl methyl sites for hydroxylation is 1. The zero-order valence-corrected chi connectivity index (χ0v) is 13.6. The quantitative estimate of drug-likeness (QED) is 0.690. The van der Waals surface area contributed by atoms with Crippen molar-refractivity contribution in [2.45, 2.75) is 26.7 Å². The summed E-state index contributed by atoms with van der Waals surface area (Å²) in [4.78, 5) is 14.5. The number of anilines is 1.